The number of benzene rings is 2. The first-order valence-electron chi connectivity index (χ1n) is 8.48. The molecule has 1 aromatic heterocycles. The number of aromatic nitrogens is 1. The van der Waals surface area contributed by atoms with Gasteiger partial charge < -0.3 is 9.84 Å². The van der Waals surface area contributed by atoms with E-state index in [1.54, 1.807) is 6.92 Å². The lowest BCUT2D eigenvalue weighted by Gasteiger charge is -2.16. The van der Waals surface area contributed by atoms with E-state index < -0.39 is 29.5 Å². The molecule has 0 aliphatic heterocycles. The fraction of sp³-hybridized carbons (Fsp3) is 0.200. The zero-order valence-electron chi connectivity index (χ0n) is 15.3. The van der Waals surface area contributed by atoms with Crippen molar-refractivity contribution in [3.8, 4) is 11.3 Å². The van der Waals surface area contributed by atoms with E-state index in [1.807, 2.05) is 0 Å². The third-order valence-corrected chi connectivity index (χ3v) is 4.69. The van der Waals surface area contributed by atoms with E-state index in [-0.39, 0.29) is 27.6 Å². The van der Waals surface area contributed by atoms with Crippen molar-refractivity contribution in [2.45, 2.75) is 26.1 Å². The van der Waals surface area contributed by atoms with Crippen LogP contribution in [0.1, 0.15) is 40.2 Å². The molecule has 152 valence electrons. The highest BCUT2D eigenvalue weighted by Crippen LogP contribution is 2.34. The Morgan fingerprint density at radius 1 is 1.17 bits per heavy atom. The summed E-state index contributed by atoms with van der Waals surface area (Å²) in [5.41, 5.74) is -0.450. The molecule has 0 bridgehead atoms. The maximum absolute atomic E-state index is 14.3. The molecule has 3 aromatic rings. The SMILES string of the molecule is Cc1onc(-c2c(F)cccc2Cl)c1C(=O)NC(C)c1ccc(C(F)(F)F)cc1. The van der Waals surface area contributed by atoms with E-state index in [0.29, 0.717) is 5.56 Å². The predicted molar refractivity (Wildman–Crippen MR) is 99.0 cm³/mol. The Balaban J connectivity index is 1.88. The van der Waals surface area contributed by atoms with Gasteiger partial charge in [0, 0.05) is 0 Å². The van der Waals surface area contributed by atoms with Gasteiger partial charge in [0.15, 0.2) is 0 Å². The number of carbonyl (C=O) groups excluding carboxylic acids is 1. The molecule has 0 saturated carbocycles. The second kappa shape index (κ2) is 7.87. The van der Waals surface area contributed by atoms with Crippen LogP contribution in [0.2, 0.25) is 5.02 Å². The molecule has 0 fully saturated rings. The first kappa shape index (κ1) is 20.9. The molecule has 3 rings (SSSR count). The van der Waals surface area contributed by atoms with E-state index in [0.717, 1.165) is 12.1 Å². The number of amides is 1. The lowest BCUT2D eigenvalue weighted by atomic mass is 10.0. The summed E-state index contributed by atoms with van der Waals surface area (Å²) in [5, 5.41) is 6.48. The maximum atomic E-state index is 14.3. The van der Waals surface area contributed by atoms with Gasteiger partial charge in [-0.1, -0.05) is 35.0 Å². The van der Waals surface area contributed by atoms with Crippen molar-refractivity contribution in [3.05, 3.63) is 75.8 Å². The molecular weight excluding hydrogens is 412 g/mol. The van der Waals surface area contributed by atoms with Crippen LogP contribution >= 0.6 is 11.6 Å². The van der Waals surface area contributed by atoms with E-state index in [4.69, 9.17) is 16.1 Å². The fourth-order valence-corrected chi connectivity index (χ4v) is 3.10. The molecule has 1 heterocycles. The highest BCUT2D eigenvalue weighted by Gasteiger charge is 2.30. The summed E-state index contributed by atoms with van der Waals surface area (Å²) in [4.78, 5) is 12.8. The topological polar surface area (TPSA) is 55.1 Å². The molecule has 2 aromatic carbocycles. The Bertz CT molecular complexity index is 1030. The monoisotopic (exact) mass is 426 g/mol. The van der Waals surface area contributed by atoms with Crippen LogP contribution in [0.25, 0.3) is 11.3 Å². The quantitative estimate of drug-likeness (QED) is 0.524. The molecule has 4 nitrogen and oxygen atoms in total. The minimum absolute atomic E-state index is 0.00392. The van der Waals surface area contributed by atoms with Crippen LogP contribution in [-0.4, -0.2) is 11.1 Å². The van der Waals surface area contributed by atoms with Crippen molar-refractivity contribution in [2.75, 3.05) is 0 Å². The van der Waals surface area contributed by atoms with E-state index >= 15 is 0 Å². The van der Waals surface area contributed by atoms with Gasteiger partial charge in [-0.2, -0.15) is 13.2 Å². The van der Waals surface area contributed by atoms with Crippen LogP contribution in [0, 0.1) is 12.7 Å². The number of alkyl halides is 3. The number of rotatable bonds is 4. The van der Waals surface area contributed by atoms with Crippen molar-refractivity contribution in [1.82, 2.24) is 10.5 Å². The first-order chi connectivity index (χ1) is 13.6. The molecule has 1 amide bonds. The number of hydrogen-bond donors (Lipinski definition) is 1. The van der Waals surface area contributed by atoms with Crippen LogP contribution in [0.15, 0.2) is 47.0 Å². The van der Waals surface area contributed by atoms with Crippen LogP contribution in [0.3, 0.4) is 0 Å². The Morgan fingerprint density at radius 2 is 1.83 bits per heavy atom. The van der Waals surface area contributed by atoms with Gasteiger partial charge >= 0.3 is 6.18 Å². The third-order valence-electron chi connectivity index (χ3n) is 4.37. The van der Waals surface area contributed by atoms with Gasteiger partial charge in [0.2, 0.25) is 0 Å². The van der Waals surface area contributed by atoms with Crippen molar-refractivity contribution in [1.29, 1.82) is 0 Å². The average Bonchev–Trinajstić information content (AvgIpc) is 3.02. The van der Waals surface area contributed by atoms with Crippen LogP contribution in [0.5, 0.6) is 0 Å². The number of halogens is 5. The van der Waals surface area contributed by atoms with Gasteiger partial charge in [-0.15, -0.1) is 0 Å². The molecular formula is C20H15ClF4N2O2. The molecule has 0 radical (unpaired) electrons. The third kappa shape index (κ3) is 4.27. The summed E-state index contributed by atoms with van der Waals surface area (Å²) in [6.07, 6.45) is -4.45. The smallest absolute Gasteiger partial charge is 0.360 e. The number of nitrogens with one attached hydrogen (secondary N) is 1. The average molecular weight is 427 g/mol. The summed E-state index contributed by atoms with van der Waals surface area (Å²) in [7, 11) is 0. The minimum atomic E-state index is -4.45. The summed E-state index contributed by atoms with van der Waals surface area (Å²) < 4.78 is 57.4. The highest BCUT2D eigenvalue weighted by atomic mass is 35.5. The second-order valence-electron chi connectivity index (χ2n) is 6.37. The molecule has 0 spiro atoms. The van der Waals surface area contributed by atoms with Gasteiger partial charge in [-0.05, 0) is 43.7 Å². The number of nitrogens with zero attached hydrogens (tertiary/aromatic N) is 1. The van der Waals surface area contributed by atoms with Crippen LogP contribution in [0.4, 0.5) is 17.6 Å². The Labute approximate surface area is 168 Å². The van der Waals surface area contributed by atoms with E-state index in [2.05, 4.69) is 10.5 Å². The van der Waals surface area contributed by atoms with Gasteiger partial charge in [0.1, 0.15) is 22.8 Å². The normalized spacial score (nSPS) is 12.7. The first-order valence-corrected chi connectivity index (χ1v) is 8.86. The molecule has 1 N–H and O–H groups in total. The minimum Gasteiger partial charge on any atom is -0.360 e. The Kier molecular flexibility index (Phi) is 5.66. The van der Waals surface area contributed by atoms with Crippen molar-refractivity contribution in [3.63, 3.8) is 0 Å². The second-order valence-corrected chi connectivity index (χ2v) is 6.78. The number of aryl methyl sites for hydroxylation is 1. The molecule has 0 aliphatic rings. The van der Waals surface area contributed by atoms with E-state index in [1.165, 1.54) is 37.3 Å². The van der Waals surface area contributed by atoms with E-state index in [9.17, 15) is 22.4 Å². The molecule has 29 heavy (non-hydrogen) atoms. The zero-order valence-corrected chi connectivity index (χ0v) is 16.0. The van der Waals surface area contributed by atoms with Gasteiger partial charge in [-0.25, -0.2) is 4.39 Å². The molecule has 1 unspecified atom stereocenters. The van der Waals surface area contributed by atoms with Crippen molar-refractivity contribution >= 4 is 17.5 Å². The fourth-order valence-electron chi connectivity index (χ4n) is 2.85. The van der Waals surface area contributed by atoms with Crippen molar-refractivity contribution < 1.29 is 26.9 Å². The maximum Gasteiger partial charge on any atom is 0.416 e. The number of carbonyl (C=O) groups is 1. The summed E-state index contributed by atoms with van der Waals surface area (Å²) in [6, 6.07) is 7.86. The zero-order chi connectivity index (χ0) is 21.3. The summed E-state index contributed by atoms with van der Waals surface area (Å²) in [5.74, 6) is -1.14. The summed E-state index contributed by atoms with van der Waals surface area (Å²) in [6.45, 7) is 3.10. The highest BCUT2D eigenvalue weighted by molar-refractivity contribution is 6.33. The van der Waals surface area contributed by atoms with Gasteiger partial charge in [0.25, 0.3) is 5.91 Å². The summed E-state index contributed by atoms with van der Waals surface area (Å²) >= 11 is 6.06. The Morgan fingerprint density at radius 3 is 2.41 bits per heavy atom. The molecule has 0 aliphatic carbocycles. The molecule has 0 saturated heterocycles. The van der Waals surface area contributed by atoms with Gasteiger partial charge in [-0.3, -0.25) is 4.79 Å². The largest absolute Gasteiger partial charge is 0.416 e. The lowest BCUT2D eigenvalue weighted by molar-refractivity contribution is -0.137. The van der Waals surface area contributed by atoms with Gasteiger partial charge in [0.05, 0.1) is 22.2 Å². The lowest BCUT2D eigenvalue weighted by Crippen LogP contribution is -2.27. The molecule has 1 atom stereocenters. The molecule has 9 heteroatoms. The van der Waals surface area contributed by atoms with Crippen LogP contribution in [-0.2, 0) is 6.18 Å². The Hall–Kier alpha value is -2.87. The predicted octanol–water partition coefficient (Wildman–Crippen LogP) is 5.95. The van der Waals surface area contributed by atoms with Crippen LogP contribution < -0.4 is 5.32 Å². The standard InChI is InChI=1S/C20H15ClF4N2O2/c1-10(12-6-8-13(9-7-12)20(23,24)25)26-19(28)16-11(2)29-27-18(16)17-14(21)4-3-5-15(17)22/h3-10H,1-2H3,(H,26,28). The van der Waals surface area contributed by atoms with Crippen molar-refractivity contribution in [2.24, 2.45) is 0 Å². The number of hydrogen-bond acceptors (Lipinski definition) is 3.